The number of hydrogen-bond donors (Lipinski definition) is 1. The largest absolute Gasteiger partial charge is 0.435 e. The van der Waals surface area contributed by atoms with Crippen LogP contribution in [0.25, 0.3) is 0 Å². The van der Waals surface area contributed by atoms with Gasteiger partial charge in [0.25, 0.3) is 5.56 Å². The molecular formula is C11H8FIN2O2. The van der Waals surface area contributed by atoms with Crippen LogP contribution >= 0.6 is 22.6 Å². The Morgan fingerprint density at radius 1 is 1.47 bits per heavy atom. The zero-order valence-corrected chi connectivity index (χ0v) is 11.0. The molecule has 6 heteroatoms. The summed E-state index contributed by atoms with van der Waals surface area (Å²) in [6.45, 7) is 1.64. The van der Waals surface area contributed by atoms with Gasteiger partial charge in [-0.15, -0.1) is 0 Å². The second-order valence-electron chi connectivity index (χ2n) is 3.34. The lowest BCUT2D eigenvalue weighted by Gasteiger charge is -2.07. The third kappa shape index (κ3) is 2.46. The molecule has 0 amide bonds. The van der Waals surface area contributed by atoms with Gasteiger partial charge >= 0.3 is 0 Å². The first-order valence-corrected chi connectivity index (χ1v) is 5.83. The number of aromatic amines is 1. The zero-order chi connectivity index (χ0) is 12.4. The highest BCUT2D eigenvalue weighted by Crippen LogP contribution is 2.26. The van der Waals surface area contributed by atoms with E-state index in [9.17, 15) is 9.18 Å². The molecule has 0 spiro atoms. The van der Waals surface area contributed by atoms with E-state index in [1.807, 2.05) is 0 Å². The lowest BCUT2D eigenvalue weighted by Crippen LogP contribution is -2.11. The van der Waals surface area contributed by atoms with Crippen molar-refractivity contribution in [2.45, 2.75) is 6.92 Å². The van der Waals surface area contributed by atoms with Crippen molar-refractivity contribution < 1.29 is 9.13 Å². The van der Waals surface area contributed by atoms with Gasteiger partial charge in [0.15, 0.2) is 11.6 Å². The summed E-state index contributed by atoms with van der Waals surface area (Å²) in [5.41, 5.74) is 0.158. The van der Waals surface area contributed by atoms with E-state index in [0.717, 1.165) is 0 Å². The fraction of sp³-hybridized carbons (Fsp3) is 0.0909. The second-order valence-corrected chi connectivity index (χ2v) is 4.42. The molecule has 0 aliphatic heterocycles. The van der Waals surface area contributed by atoms with Gasteiger partial charge in [0.05, 0.1) is 6.33 Å². The summed E-state index contributed by atoms with van der Waals surface area (Å²) >= 11 is 1.80. The van der Waals surface area contributed by atoms with Gasteiger partial charge in [-0.2, -0.15) is 0 Å². The number of nitrogens with one attached hydrogen (secondary N) is 1. The molecular weight excluding hydrogens is 338 g/mol. The van der Waals surface area contributed by atoms with Gasteiger partial charge in [-0.25, -0.2) is 9.37 Å². The maximum absolute atomic E-state index is 13.7. The average molecular weight is 346 g/mol. The van der Waals surface area contributed by atoms with Crippen LogP contribution in [0.4, 0.5) is 4.39 Å². The van der Waals surface area contributed by atoms with Crippen molar-refractivity contribution in [1.82, 2.24) is 9.97 Å². The van der Waals surface area contributed by atoms with Crippen molar-refractivity contribution in [3.8, 4) is 11.6 Å². The van der Waals surface area contributed by atoms with E-state index in [0.29, 0.717) is 5.56 Å². The van der Waals surface area contributed by atoms with Crippen molar-refractivity contribution in [2.24, 2.45) is 0 Å². The Kier molecular flexibility index (Phi) is 3.41. The summed E-state index contributed by atoms with van der Waals surface area (Å²) in [6.07, 6.45) is 1.22. The van der Waals surface area contributed by atoms with Crippen LogP contribution in [0, 0.1) is 16.3 Å². The third-order valence-electron chi connectivity index (χ3n) is 2.13. The summed E-state index contributed by atoms with van der Waals surface area (Å²) in [4.78, 5) is 17.6. The fourth-order valence-electron chi connectivity index (χ4n) is 1.24. The molecule has 0 saturated heterocycles. The molecule has 0 fully saturated rings. The summed E-state index contributed by atoms with van der Waals surface area (Å²) in [7, 11) is 0. The average Bonchev–Trinajstić information content (AvgIpc) is 2.31. The Balaban J connectivity index is 2.42. The van der Waals surface area contributed by atoms with Crippen LogP contribution in [0.15, 0.2) is 29.3 Å². The van der Waals surface area contributed by atoms with Crippen molar-refractivity contribution in [2.75, 3.05) is 0 Å². The van der Waals surface area contributed by atoms with E-state index in [-0.39, 0.29) is 20.8 Å². The Labute approximate surface area is 110 Å². The predicted octanol–water partition coefficient (Wildman–Crippen LogP) is 2.61. The Bertz CT molecular complexity index is 613. The molecule has 0 unspecified atom stereocenters. The van der Waals surface area contributed by atoms with Crippen LogP contribution < -0.4 is 10.3 Å². The van der Waals surface area contributed by atoms with Crippen molar-refractivity contribution in [3.05, 3.63) is 49.8 Å². The second kappa shape index (κ2) is 4.82. The van der Waals surface area contributed by atoms with E-state index < -0.39 is 5.82 Å². The summed E-state index contributed by atoms with van der Waals surface area (Å²) in [6, 6.07) is 4.80. The smallest absolute Gasteiger partial charge is 0.268 e. The first-order chi connectivity index (χ1) is 8.09. The minimum atomic E-state index is -0.453. The maximum Gasteiger partial charge on any atom is 0.268 e. The number of halogens is 2. The Morgan fingerprint density at radius 3 is 3.00 bits per heavy atom. The van der Waals surface area contributed by atoms with Gasteiger partial charge in [-0.1, -0.05) is 12.1 Å². The van der Waals surface area contributed by atoms with E-state index in [1.165, 1.54) is 12.4 Å². The zero-order valence-electron chi connectivity index (χ0n) is 8.83. The summed E-state index contributed by atoms with van der Waals surface area (Å²) in [5.74, 6) is -0.301. The quantitative estimate of drug-likeness (QED) is 0.851. The lowest BCUT2D eigenvalue weighted by atomic mass is 10.2. The first kappa shape index (κ1) is 12.0. The normalized spacial score (nSPS) is 10.3. The lowest BCUT2D eigenvalue weighted by molar-refractivity contribution is 0.421. The molecule has 2 rings (SSSR count). The highest BCUT2D eigenvalue weighted by molar-refractivity contribution is 14.1. The maximum atomic E-state index is 13.7. The number of rotatable bonds is 2. The molecule has 1 heterocycles. The Morgan fingerprint density at radius 2 is 2.24 bits per heavy atom. The number of benzene rings is 1. The number of aromatic nitrogens is 2. The minimum absolute atomic E-state index is 0.0565. The molecule has 0 atom stereocenters. The van der Waals surface area contributed by atoms with Gasteiger partial charge in [0.2, 0.25) is 5.88 Å². The van der Waals surface area contributed by atoms with Crippen LogP contribution in [-0.2, 0) is 0 Å². The van der Waals surface area contributed by atoms with Crippen molar-refractivity contribution >= 4 is 22.6 Å². The molecule has 0 aliphatic carbocycles. The summed E-state index contributed by atoms with van der Waals surface area (Å²) < 4.78 is 19.2. The molecule has 0 bridgehead atoms. The highest BCUT2D eigenvalue weighted by atomic mass is 127. The molecule has 1 aromatic carbocycles. The molecule has 2 aromatic rings. The number of nitrogens with zero attached hydrogens (tertiary/aromatic N) is 1. The van der Waals surface area contributed by atoms with E-state index in [4.69, 9.17) is 4.74 Å². The molecule has 0 radical (unpaired) electrons. The van der Waals surface area contributed by atoms with Crippen LogP contribution in [0.1, 0.15) is 5.56 Å². The monoisotopic (exact) mass is 346 g/mol. The van der Waals surface area contributed by atoms with Gasteiger partial charge < -0.3 is 9.72 Å². The van der Waals surface area contributed by atoms with Crippen molar-refractivity contribution in [1.29, 1.82) is 0 Å². The predicted molar refractivity (Wildman–Crippen MR) is 68.8 cm³/mol. The topological polar surface area (TPSA) is 55.0 Å². The molecule has 0 saturated carbocycles. The SMILES string of the molecule is Cc1cccc(Oc2nc[nH]c(=O)c2I)c1F. The van der Waals surface area contributed by atoms with Gasteiger partial charge in [-0.3, -0.25) is 4.79 Å². The Hall–Kier alpha value is -1.44. The first-order valence-electron chi connectivity index (χ1n) is 4.75. The van der Waals surface area contributed by atoms with E-state index >= 15 is 0 Å². The minimum Gasteiger partial charge on any atom is -0.435 e. The molecule has 1 N–H and O–H groups in total. The van der Waals surface area contributed by atoms with Crippen LogP contribution in [-0.4, -0.2) is 9.97 Å². The number of H-pyrrole nitrogens is 1. The van der Waals surface area contributed by atoms with Gasteiger partial charge in [0, 0.05) is 0 Å². The molecule has 88 valence electrons. The highest BCUT2D eigenvalue weighted by Gasteiger charge is 2.11. The van der Waals surface area contributed by atoms with Gasteiger partial charge in [0.1, 0.15) is 3.57 Å². The molecule has 1 aromatic heterocycles. The van der Waals surface area contributed by atoms with Crippen LogP contribution in [0.2, 0.25) is 0 Å². The fourth-order valence-corrected chi connectivity index (χ4v) is 1.65. The summed E-state index contributed by atoms with van der Waals surface area (Å²) in [5, 5.41) is 0. The molecule has 17 heavy (non-hydrogen) atoms. The third-order valence-corrected chi connectivity index (χ3v) is 3.08. The number of ether oxygens (including phenoxy) is 1. The molecule has 0 aliphatic rings. The van der Waals surface area contributed by atoms with Crippen molar-refractivity contribution in [3.63, 3.8) is 0 Å². The van der Waals surface area contributed by atoms with E-state index in [2.05, 4.69) is 9.97 Å². The van der Waals surface area contributed by atoms with Crippen LogP contribution in [0.3, 0.4) is 0 Å². The van der Waals surface area contributed by atoms with E-state index in [1.54, 1.807) is 41.6 Å². The number of aryl methyl sites for hydroxylation is 1. The van der Waals surface area contributed by atoms with Crippen LogP contribution in [0.5, 0.6) is 11.6 Å². The standard InChI is InChI=1S/C11H8FIN2O2/c1-6-3-2-4-7(8(6)12)17-11-9(13)10(16)14-5-15-11/h2-5H,1H3,(H,14,15,16). The number of hydrogen-bond acceptors (Lipinski definition) is 3. The van der Waals surface area contributed by atoms with Gasteiger partial charge in [-0.05, 0) is 41.1 Å². The molecule has 4 nitrogen and oxygen atoms in total.